The Morgan fingerprint density at radius 1 is 0.452 bits per heavy atom. The van der Waals surface area contributed by atoms with E-state index in [2.05, 4.69) is 127 Å². The van der Waals surface area contributed by atoms with E-state index >= 15 is 0 Å². The van der Waals surface area contributed by atoms with E-state index in [1.54, 1.807) is 0 Å². The molecule has 0 atom stereocenters. The lowest BCUT2D eigenvalue weighted by Crippen LogP contribution is -2.46. The maximum atomic E-state index is 2.36. The monoisotopic (exact) mass is 409 g/mol. The average Bonchev–Trinajstić information content (AvgIpc) is 2.86. The number of rotatable bonds is 3. The van der Waals surface area contributed by atoms with E-state index in [1.165, 1.54) is 48.6 Å². The second-order valence-corrected chi connectivity index (χ2v) is 10.3. The van der Waals surface area contributed by atoms with Crippen molar-refractivity contribution in [3.8, 4) is 0 Å². The summed E-state index contributed by atoms with van der Waals surface area (Å²) in [7, 11) is -1.19. The second-order valence-electron chi connectivity index (χ2n) is 7.93. The van der Waals surface area contributed by atoms with Gasteiger partial charge in [0.2, 0.25) is 0 Å². The highest BCUT2D eigenvalue weighted by atomic mass is 28.3. The normalized spacial score (nSPS) is 13.5. The van der Waals surface area contributed by atoms with Crippen molar-refractivity contribution in [2.75, 3.05) is 0 Å². The molecule has 1 heterocycles. The average molecular weight is 410 g/mol. The standard InChI is InChI=1S/C30H21Si/c1-4-12-23(13-5-1)29-26-20-10-16-22-17-11-21-27(28(22)26)31(25-18-8-3-9-19-25)30(29)24-14-6-2-7-15-24/h1-21H. The second kappa shape index (κ2) is 7.53. The smallest absolute Gasteiger partial charge is 0.0624 e. The SMILES string of the molecule is c1ccc(C2=C(c3ccccc3)[Si](c3ccccc3)c3cccc4cccc2c34)cc1. The van der Waals surface area contributed by atoms with Crippen LogP contribution in [0, 0.1) is 0 Å². The molecular formula is C30H21Si. The van der Waals surface area contributed by atoms with Crippen LogP contribution in [0.15, 0.2) is 127 Å². The van der Waals surface area contributed by atoms with Gasteiger partial charge in [-0.25, -0.2) is 0 Å². The molecule has 1 radical (unpaired) electrons. The van der Waals surface area contributed by atoms with Crippen LogP contribution in [0.1, 0.15) is 16.7 Å². The van der Waals surface area contributed by atoms with Crippen LogP contribution in [0.3, 0.4) is 0 Å². The highest BCUT2D eigenvalue weighted by Gasteiger charge is 2.33. The molecule has 0 saturated heterocycles. The molecule has 1 heteroatoms. The minimum Gasteiger partial charge on any atom is -0.0624 e. The van der Waals surface area contributed by atoms with Gasteiger partial charge in [0.05, 0.1) is 0 Å². The molecule has 0 unspecified atom stereocenters. The fraction of sp³-hybridized carbons (Fsp3) is 0. The molecule has 0 nitrogen and oxygen atoms in total. The Morgan fingerprint density at radius 3 is 1.71 bits per heavy atom. The van der Waals surface area contributed by atoms with E-state index < -0.39 is 8.80 Å². The Morgan fingerprint density at radius 2 is 1.03 bits per heavy atom. The van der Waals surface area contributed by atoms with Crippen molar-refractivity contribution >= 4 is 40.7 Å². The van der Waals surface area contributed by atoms with E-state index in [4.69, 9.17) is 0 Å². The van der Waals surface area contributed by atoms with Gasteiger partial charge in [-0.15, -0.1) is 0 Å². The molecule has 5 aromatic carbocycles. The number of hydrogen-bond acceptors (Lipinski definition) is 0. The van der Waals surface area contributed by atoms with Crippen molar-refractivity contribution in [2.24, 2.45) is 0 Å². The van der Waals surface area contributed by atoms with Gasteiger partial charge < -0.3 is 0 Å². The molecule has 0 fully saturated rings. The molecule has 0 aliphatic carbocycles. The molecule has 1 aliphatic rings. The Kier molecular flexibility index (Phi) is 4.40. The van der Waals surface area contributed by atoms with E-state index in [9.17, 15) is 0 Å². The molecule has 0 amide bonds. The van der Waals surface area contributed by atoms with Crippen molar-refractivity contribution in [3.63, 3.8) is 0 Å². The molecule has 0 N–H and O–H groups in total. The van der Waals surface area contributed by atoms with E-state index in [1.807, 2.05) is 0 Å². The molecule has 6 rings (SSSR count). The van der Waals surface area contributed by atoms with Crippen LogP contribution >= 0.6 is 0 Å². The van der Waals surface area contributed by atoms with Gasteiger partial charge in [0.25, 0.3) is 0 Å². The van der Waals surface area contributed by atoms with Crippen LogP contribution < -0.4 is 10.4 Å². The number of hydrogen-bond donors (Lipinski definition) is 0. The Bertz CT molecular complexity index is 1400. The zero-order valence-electron chi connectivity index (χ0n) is 17.1. The fourth-order valence-electron chi connectivity index (χ4n) is 4.85. The van der Waals surface area contributed by atoms with Gasteiger partial charge in [-0.1, -0.05) is 133 Å². The largest absolute Gasteiger partial charge is 0.157 e. The van der Waals surface area contributed by atoms with Crippen LogP contribution in [-0.2, 0) is 0 Å². The third-order valence-electron chi connectivity index (χ3n) is 6.13. The van der Waals surface area contributed by atoms with Crippen LogP contribution in [-0.4, -0.2) is 8.80 Å². The fourth-order valence-corrected chi connectivity index (χ4v) is 8.03. The lowest BCUT2D eigenvalue weighted by atomic mass is 9.91. The molecule has 0 aromatic heterocycles. The van der Waals surface area contributed by atoms with Gasteiger partial charge in [-0.3, -0.25) is 0 Å². The van der Waals surface area contributed by atoms with Crippen molar-refractivity contribution in [2.45, 2.75) is 0 Å². The van der Waals surface area contributed by atoms with Crippen molar-refractivity contribution in [1.29, 1.82) is 0 Å². The first-order valence-corrected chi connectivity index (χ1v) is 12.2. The molecule has 1 aliphatic heterocycles. The summed E-state index contributed by atoms with van der Waals surface area (Å²) in [6.45, 7) is 0. The summed E-state index contributed by atoms with van der Waals surface area (Å²) in [5, 5.41) is 7.15. The van der Waals surface area contributed by atoms with Gasteiger partial charge in [-0.2, -0.15) is 0 Å². The van der Waals surface area contributed by atoms with Gasteiger partial charge in [-0.05, 0) is 43.4 Å². The van der Waals surface area contributed by atoms with Gasteiger partial charge >= 0.3 is 0 Å². The molecule has 0 spiro atoms. The van der Waals surface area contributed by atoms with Crippen LogP contribution in [0.4, 0.5) is 0 Å². The Labute approximate surface area is 184 Å². The topological polar surface area (TPSA) is 0 Å². The Balaban J connectivity index is 1.81. The highest BCUT2D eigenvalue weighted by molar-refractivity contribution is 7.02. The lowest BCUT2D eigenvalue weighted by Gasteiger charge is -2.31. The molecule has 145 valence electrons. The summed E-state index contributed by atoms with van der Waals surface area (Å²) in [6.07, 6.45) is 0. The first-order chi connectivity index (χ1) is 15.4. The predicted octanol–water partition coefficient (Wildman–Crippen LogP) is 5.96. The van der Waals surface area contributed by atoms with Gasteiger partial charge in [0, 0.05) is 0 Å². The first kappa shape index (κ1) is 18.1. The maximum Gasteiger partial charge on any atom is 0.157 e. The van der Waals surface area contributed by atoms with E-state index in [0.717, 1.165) is 0 Å². The van der Waals surface area contributed by atoms with Gasteiger partial charge in [0.1, 0.15) is 0 Å². The van der Waals surface area contributed by atoms with Crippen LogP contribution in [0.5, 0.6) is 0 Å². The van der Waals surface area contributed by atoms with Crippen LogP contribution in [0.25, 0.3) is 21.5 Å². The van der Waals surface area contributed by atoms with Crippen molar-refractivity contribution < 1.29 is 0 Å². The minimum atomic E-state index is -1.19. The molecule has 0 saturated carbocycles. The van der Waals surface area contributed by atoms with E-state index in [-0.39, 0.29) is 0 Å². The number of benzene rings is 5. The summed E-state index contributed by atoms with van der Waals surface area (Å²) >= 11 is 0. The molecular weight excluding hydrogens is 388 g/mol. The highest BCUT2D eigenvalue weighted by Crippen LogP contribution is 2.40. The van der Waals surface area contributed by atoms with E-state index in [0.29, 0.717) is 0 Å². The third kappa shape index (κ3) is 2.98. The minimum absolute atomic E-state index is 1.19. The predicted molar refractivity (Wildman–Crippen MR) is 134 cm³/mol. The Hall–Kier alpha value is -3.68. The maximum absolute atomic E-state index is 2.36. The molecule has 31 heavy (non-hydrogen) atoms. The lowest BCUT2D eigenvalue weighted by molar-refractivity contribution is 1.56. The molecule has 0 bridgehead atoms. The van der Waals surface area contributed by atoms with Crippen molar-refractivity contribution in [1.82, 2.24) is 0 Å². The van der Waals surface area contributed by atoms with Crippen molar-refractivity contribution in [3.05, 3.63) is 144 Å². The first-order valence-electron chi connectivity index (χ1n) is 10.7. The zero-order valence-corrected chi connectivity index (χ0v) is 18.1. The van der Waals surface area contributed by atoms with Crippen LogP contribution in [0.2, 0.25) is 0 Å². The summed E-state index contributed by atoms with van der Waals surface area (Å²) in [5.74, 6) is 0. The molecule has 5 aromatic rings. The summed E-state index contributed by atoms with van der Waals surface area (Å²) in [5.41, 5.74) is 5.35. The van der Waals surface area contributed by atoms with Gasteiger partial charge in [0.15, 0.2) is 8.80 Å². The third-order valence-corrected chi connectivity index (χ3v) is 9.04. The summed E-state index contributed by atoms with van der Waals surface area (Å²) in [4.78, 5) is 0. The summed E-state index contributed by atoms with van der Waals surface area (Å²) in [6, 6.07) is 46.6. The zero-order chi connectivity index (χ0) is 20.6. The quantitative estimate of drug-likeness (QED) is 0.323. The summed E-state index contributed by atoms with van der Waals surface area (Å²) < 4.78 is 0.